The van der Waals surface area contributed by atoms with Crippen LogP contribution in [-0.2, 0) is 37.3 Å². The molecule has 3 aromatic carbocycles. The first kappa shape index (κ1) is 32.8. The summed E-state index contributed by atoms with van der Waals surface area (Å²) in [4.78, 5) is 29.3. The Labute approximate surface area is 249 Å². The summed E-state index contributed by atoms with van der Waals surface area (Å²) in [5.41, 5.74) is 2.38. The maximum absolute atomic E-state index is 13.9. The molecular weight excluding hydrogens is 554 g/mol. The predicted octanol–water partition coefficient (Wildman–Crippen LogP) is 4.24. The molecule has 2 amide bonds. The molecule has 0 aliphatic rings. The summed E-state index contributed by atoms with van der Waals surface area (Å²) in [6.07, 6.45) is 1.18. The van der Waals surface area contributed by atoms with Crippen LogP contribution in [0, 0.1) is 0 Å². The van der Waals surface area contributed by atoms with Gasteiger partial charge in [0.25, 0.3) is 0 Å². The smallest absolute Gasteiger partial charge is 0.247 e. The van der Waals surface area contributed by atoms with Crippen LogP contribution in [0.2, 0.25) is 0 Å². The van der Waals surface area contributed by atoms with E-state index in [4.69, 9.17) is 9.47 Å². The van der Waals surface area contributed by atoms with Crippen LogP contribution in [0.3, 0.4) is 0 Å². The SMILES string of the molecule is CCNS(=O)(=O)c1ccc(CCC(=O)N(Cc2ccc(OC)cc2)[C@H](C(=O)NCCCOCC)c2ccccc2)cc1. The first-order chi connectivity index (χ1) is 20.3. The zero-order valence-corrected chi connectivity index (χ0v) is 25.4. The van der Waals surface area contributed by atoms with Crippen LogP contribution < -0.4 is 14.8 Å². The molecule has 0 saturated heterocycles. The van der Waals surface area contributed by atoms with E-state index < -0.39 is 16.1 Å². The minimum atomic E-state index is -3.56. The summed E-state index contributed by atoms with van der Waals surface area (Å²) >= 11 is 0. The zero-order valence-electron chi connectivity index (χ0n) is 24.5. The standard InChI is InChI=1S/C32H41N3O6S/c1-4-34-42(38,39)29-19-14-25(15-20-29)16-21-30(36)35(24-26-12-17-28(40-3)18-13-26)31(27-10-7-6-8-11-27)32(37)33-22-9-23-41-5-2/h6-8,10-15,17-20,31,34H,4-5,9,16,21-24H2,1-3H3,(H,33,37)/t31-/m0/s1. The lowest BCUT2D eigenvalue weighted by Crippen LogP contribution is -2.43. The lowest BCUT2D eigenvalue weighted by Gasteiger charge is -2.32. The van der Waals surface area contributed by atoms with Gasteiger partial charge in [-0.05, 0) is 60.7 Å². The summed E-state index contributed by atoms with van der Waals surface area (Å²) in [6.45, 7) is 5.73. The number of carbonyl (C=O) groups excluding carboxylic acids is 2. The third-order valence-electron chi connectivity index (χ3n) is 6.67. The average Bonchev–Trinajstić information content (AvgIpc) is 3.00. The van der Waals surface area contributed by atoms with Gasteiger partial charge in [-0.2, -0.15) is 0 Å². The first-order valence-corrected chi connectivity index (χ1v) is 15.7. The van der Waals surface area contributed by atoms with Gasteiger partial charge in [-0.15, -0.1) is 0 Å². The Bertz CT molecular complexity index is 1360. The van der Waals surface area contributed by atoms with Gasteiger partial charge in [0, 0.05) is 39.3 Å². The molecule has 0 aliphatic carbocycles. The van der Waals surface area contributed by atoms with Crippen molar-refractivity contribution in [1.82, 2.24) is 14.9 Å². The zero-order chi connectivity index (χ0) is 30.4. The Kier molecular flexibility index (Phi) is 13.0. The fourth-order valence-corrected chi connectivity index (χ4v) is 5.53. The van der Waals surface area contributed by atoms with Crippen LogP contribution in [0.5, 0.6) is 5.75 Å². The summed E-state index contributed by atoms with van der Waals surface area (Å²) in [6, 6.07) is 22.3. The van der Waals surface area contributed by atoms with E-state index >= 15 is 0 Å². The molecule has 0 heterocycles. The fourth-order valence-electron chi connectivity index (χ4n) is 4.49. The second kappa shape index (κ2) is 16.6. The maximum atomic E-state index is 13.9. The number of aryl methyl sites for hydroxylation is 1. The maximum Gasteiger partial charge on any atom is 0.247 e. The van der Waals surface area contributed by atoms with Gasteiger partial charge in [-0.3, -0.25) is 9.59 Å². The van der Waals surface area contributed by atoms with Crippen molar-refractivity contribution in [2.45, 2.75) is 50.6 Å². The molecule has 1 atom stereocenters. The van der Waals surface area contributed by atoms with Crippen LogP contribution in [0.4, 0.5) is 0 Å². The van der Waals surface area contributed by atoms with E-state index in [0.717, 1.165) is 11.1 Å². The third kappa shape index (κ3) is 9.68. The Morgan fingerprint density at radius 2 is 1.57 bits per heavy atom. The molecular formula is C32H41N3O6S. The molecule has 3 aromatic rings. The number of ether oxygens (including phenoxy) is 2. The van der Waals surface area contributed by atoms with E-state index in [1.54, 1.807) is 31.1 Å². The quantitative estimate of drug-likeness (QED) is 0.226. The summed E-state index contributed by atoms with van der Waals surface area (Å²) in [7, 11) is -1.97. The minimum absolute atomic E-state index is 0.135. The molecule has 3 rings (SSSR count). The van der Waals surface area contributed by atoms with E-state index in [-0.39, 0.29) is 29.7 Å². The Hall–Kier alpha value is -3.73. The molecule has 0 bridgehead atoms. The number of hydrogen-bond acceptors (Lipinski definition) is 6. The third-order valence-corrected chi connectivity index (χ3v) is 8.23. The molecule has 2 N–H and O–H groups in total. The fraction of sp³-hybridized carbons (Fsp3) is 0.375. The van der Waals surface area contributed by atoms with E-state index in [1.807, 2.05) is 61.5 Å². The van der Waals surface area contributed by atoms with E-state index in [1.165, 1.54) is 12.1 Å². The topological polar surface area (TPSA) is 114 Å². The Balaban J connectivity index is 1.85. The lowest BCUT2D eigenvalue weighted by atomic mass is 10.0. The number of amides is 2. The highest BCUT2D eigenvalue weighted by Gasteiger charge is 2.31. The highest BCUT2D eigenvalue weighted by atomic mass is 32.2. The van der Waals surface area contributed by atoms with Gasteiger partial charge in [0.1, 0.15) is 11.8 Å². The van der Waals surface area contributed by atoms with Gasteiger partial charge in [0.05, 0.1) is 12.0 Å². The summed E-state index contributed by atoms with van der Waals surface area (Å²) < 4.78 is 37.7. The normalized spacial score (nSPS) is 12.0. The predicted molar refractivity (Wildman–Crippen MR) is 162 cm³/mol. The van der Waals surface area contributed by atoms with E-state index in [9.17, 15) is 18.0 Å². The van der Waals surface area contributed by atoms with Gasteiger partial charge < -0.3 is 19.7 Å². The molecule has 0 fully saturated rings. The molecule has 42 heavy (non-hydrogen) atoms. The van der Waals surface area contributed by atoms with Crippen molar-refractivity contribution in [1.29, 1.82) is 0 Å². The highest BCUT2D eigenvalue weighted by Crippen LogP contribution is 2.26. The second-order valence-electron chi connectivity index (χ2n) is 9.67. The van der Waals surface area contributed by atoms with Crippen LogP contribution in [-0.4, -0.2) is 58.5 Å². The van der Waals surface area contributed by atoms with Crippen molar-refractivity contribution in [2.24, 2.45) is 0 Å². The summed E-state index contributed by atoms with van der Waals surface area (Å²) in [5, 5.41) is 2.99. The highest BCUT2D eigenvalue weighted by molar-refractivity contribution is 7.89. The number of nitrogens with one attached hydrogen (secondary N) is 2. The van der Waals surface area contributed by atoms with E-state index in [0.29, 0.717) is 50.5 Å². The van der Waals surface area contributed by atoms with Gasteiger partial charge in [-0.25, -0.2) is 13.1 Å². The van der Waals surface area contributed by atoms with Crippen LogP contribution in [0.15, 0.2) is 83.8 Å². The van der Waals surface area contributed by atoms with Crippen molar-refractivity contribution >= 4 is 21.8 Å². The molecule has 0 unspecified atom stereocenters. The van der Waals surface area contributed by atoms with Gasteiger partial charge in [0.2, 0.25) is 21.8 Å². The molecule has 0 spiro atoms. The van der Waals surface area contributed by atoms with Crippen molar-refractivity contribution in [3.63, 3.8) is 0 Å². The Morgan fingerprint density at radius 3 is 2.19 bits per heavy atom. The van der Waals surface area contributed by atoms with E-state index in [2.05, 4.69) is 10.0 Å². The number of carbonyl (C=O) groups is 2. The molecule has 9 nitrogen and oxygen atoms in total. The molecule has 226 valence electrons. The van der Waals surface area contributed by atoms with Crippen LogP contribution in [0.1, 0.15) is 49.4 Å². The van der Waals surface area contributed by atoms with Gasteiger partial charge in [0.15, 0.2) is 0 Å². The number of hydrogen-bond donors (Lipinski definition) is 2. The van der Waals surface area contributed by atoms with Gasteiger partial charge in [-0.1, -0.05) is 61.5 Å². The molecule has 0 saturated carbocycles. The number of sulfonamides is 1. The van der Waals surface area contributed by atoms with Crippen molar-refractivity contribution in [3.8, 4) is 5.75 Å². The lowest BCUT2D eigenvalue weighted by molar-refractivity contribution is -0.141. The first-order valence-electron chi connectivity index (χ1n) is 14.2. The number of methoxy groups -OCH3 is 1. The molecule has 10 heteroatoms. The average molecular weight is 596 g/mol. The largest absolute Gasteiger partial charge is 0.497 e. The van der Waals surface area contributed by atoms with Crippen molar-refractivity contribution in [2.75, 3.05) is 33.4 Å². The second-order valence-corrected chi connectivity index (χ2v) is 11.4. The number of nitrogens with zero attached hydrogens (tertiary/aromatic N) is 1. The monoisotopic (exact) mass is 595 g/mol. The molecule has 0 aromatic heterocycles. The van der Waals surface area contributed by atoms with Crippen molar-refractivity contribution in [3.05, 3.63) is 95.6 Å². The summed E-state index contributed by atoms with van der Waals surface area (Å²) in [5.74, 6) is 0.230. The van der Waals surface area contributed by atoms with Gasteiger partial charge >= 0.3 is 0 Å². The van der Waals surface area contributed by atoms with Crippen LogP contribution in [0.25, 0.3) is 0 Å². The minimum Gasteiger partial charge on any atom is -0.497 e. The Morgan fingerprint density at radius 1 is 0.905 bits per heavy atom. The molecule has 0 radical (unpaired) electrons. The molecule has 0 aliphatic heterocycles. The van der Waals surface area contributed by atoms with Crippen molar-refractivity contribution < 1.29 is 27.5 Å². The number of benzene rings is 3. The number of rotatable bonds is 17. The van der Waals surface area contributed by atoms with Crippen LogP contribution >= 0.6 is 0 Å².